The van der Waals surface area contributed by atoms with E-state index in [4.69, 9.17) is 0 Å². The Bertz CT molecular complexity index is 1160. The van der Waals surface area contributed by atoms with Crippen molar-refractivity contribution in [3.05, 3.63) is 71.8 Å². The fourth-order valence-electron chi connectivity index (χ4n) is 4.31. The van der Waals surface area contributed by atoms with Crippen LogP contribution in [-0.2, 0) is 26.0 Å². The number of carbonyl (C=O) groups is 3. The molecule has 3 rings (SSSR count). The van der Waals surface area contributed by atoms with Crippen LogP contribution in [0.15, 0.2) is 60.7 Å². The first-order chi connectivity index (χ1) is 17.6. The van der Waals surface area contributed by atoms with Gasteiger partial charge in [0.15, 0.2) is 0 Å². The molecule has 0 aliphatic carbocycles. The van der Waals surface area contributed by atoms with Crippen molar-refractivity contribution in [2.45, 2.75) is 63.4 Å². The number of nitrogens with one attached hydrogen (secondary N) is 3. The van der Waals surface area contributed by atoms with E-state index in [0.29, 0.717) is 5.56 Å². The summed E-state index contributed by atoms with van der Waals surface area (Å²) in [6, 6.07) is 16.1. The Morgan fingerprint density at radius 1 is 0.892 bits per heavy atom. The predicted molar refractivity (Wildman–Crippen MR) is 142 cm³/mol. The summed E-state index contributed by atoms with van der Waals surface area (Å²) in [6.07, 6.45) is 0.711. The second-order valence-corrected chi connectivity index (χ2v) is 11.6. The van der Waals surface area contributed by atoms with Gasteiger partial charge < -0.3 is 15.5 Å². The van der Waals surface area contributed by atoms with Crippen LogP contribution in [0, 0.1) is 0 Å². The van der Waals surface area contributed by atoms with Crippen LogP contribution in [0.3, 0.4) is 0 Å². The number of carbonyl (C=O) groups excluding carboxylic acids is 3. The van der Waals surface area contributed by atoms with Crippen molar-refractivity contribution in [1.29, 1.82) is 0 Å². The van der Waals surface area contributed by atoms with Gasteiger partial charge in [0.25, 0.3) is 5.91 Å². The van der Waals surface area contributed by atoms with E-state index in [2.05, 4.69) is 15.4 Å². The molecule has 37 heavy (non-hydrogen) atoms. The quantitative estimate of drug-likeness (QED) is 0.434. The molecule has 1 aliphatic rings. The molecule has 10 heteroatoms. The van der Waals surface area contributed by atoms with Gasteiger partial charge in [-0.2, -0.15) is 0 Å². The molecular weight excluding hydrogens is 492 g/mol. The molecule has 1 heterocycles. The van der Waals surface area contributed by atoms with Crippen molar-refractivity contribution in [2.75, 3.05) is 13.1 Å². The molecule has 0 bridgehead atoms. The highest BCUT2D eigenvalue weighted by molar-refractivity contribution is 7.90. The number of piperidine rings is 1. The number of hydrogen-bond donors (Lipinski definition) is 3. The predicted octanol–water partition coefficient (Wildman–Crippen LogP) is 1.85. The van der Waals surface area contributed by atoms with Gasteiger partial charge in [-0.05, 0) is 57.7 Å². The lowest BCUT2D eigenvalue weighted by molar-refractivity contribution is -0.133. The molecule has 0 radical (unpaired) electrons. The first kappa shape index (κ1) is 28.3. The molecule has 1 saturated heterocycles. The van der Waals surface area contributed by atoms with Crippen LogP contribution < -0.4 is 15.4 Å². The maximum Gasteiger partial charge on any atom is 0.251 e. The Morgan fingerprint density at radius 3 is 2.03 bits per heavy atom. The maximum absolute atomic E-state index is 13.2. The molecule has 1 aliphatic heterocycles. The fraction of sp³-hybridized carbons (Fsp3) is 0.444. The summed E-state index contributed by atoms with van der Waals surface area (Å²) in [4.78, 5) is 39.6. The number of sulfonamides is 1. The van der Waals surface area contributed by atoms with E-state index in [0.717, 1.165) is 5.56 Å². The summed E-state index contributed by atoms with van der Waals surface area (Å²) in [5.41, 5.74) is 1.31. The van der Waals surface area contributed by atoms with Crippen LogP contribution in [0.25, 0.3) is 0 Å². The minimum atomic E-state index is -3.83. The van der Waals surface area contributed by atoms with Gasteiger partial charge in [0.1, 0.15) is 12.1 Å². The zero-order valence-corrected chi connectivity index (χ0v) is 22.3. The third-order valence-corrected chi connectivity index (χ3v) is 8.25. The van der Waals surface area contributed by atoms with Crippen molar-refractivity contribution in [2.24, 2.45) is 0 Å². The van der Waals surface area contributed by atoms with Gasteiger partial charge in [0, 0.05) is 24.7 Å². The van der Waals surface area contributed by atoms with Gasteiger partial charge in [0.2, 0.25) is 21.8 Å². The molecule has 3 N–H and O–H groups in total. The first-order valence-corrected chi connectivity index (χ1v) is 14.1. The number of benzene rings is 2. The standard InChI is InChI=1S/C27H36N4O5S/c1-19(2)28-26(33)24(18-21-10-6-4-7-11-21)30-37(35,36)23-14-16-31(17-15-23)27(34)20(3)29-25(32)22-12-8-5-9-13-22/h4-13,19-20,23-24,30H,14-18H2,1-3H3,(H,28,33)(H,29,32)/t20-,24-/m0/s1. The molecule has 0 saturated carbocycles. The van der Waals surface area contributed by atoms with Crippen LogP contribution in [0.4, 0.5) is 0 Å². The normalized spacial score (nSPS) is 16.2. The van der Waals surface area contributed by atoms with E-state index >= 15 is 0 Å². The van der Waals surface area contributed by atoms with Crippen molar-refractivity contribution in [1.82, 2.24) is 20.3 Å². The van der Waals surface area contributed by atoms with Crippen molar-refractivity contribution in [3.8, 4) is 0 Å². The number of amides is 3. The first-order valence-electron chi connectivity index (χ1n) is 12.6. The van der Waals surface area contributed by atoms with Crippen LogP contribution >= 0.6 is 0 Å². The molecule has 0 spiro atoms. The monoisotopic (exact) mass is 528 g/mol. The van der Waals surface area contributed by atoms with Crippen molar-refractivity contribution < 1.29 is 22.8 Å². The highest BCUT2D eigenvalue weighted by Gasteiger charge is 2.35. The van der Waals surface area contributed by atoms with E-state index in [9.17, 15) is 22.8 Å². The van der Waals surface area contributed by atoms with Gasteiger partial charge in [-0.15, -0.1) is 0 Å². The zero-order valence-electron chi connectivity index (χ0n) is 21.5. The number of hydrogen-bond acceptors (Lipinski definition) is 5. The molecule has 200 valence electrons. The summed E-state index contributed by atoms with van der Waals surface area (Å²) in [5, 5.41) is 4.78. The highest BCUT2D eigenvalue weighted by Crippen LogP contribution is 2.19. The molecule has 3 amide bonds. The topological polar surface area (TPSA) is 125 Å². The van der Waals surface area contributed by atoms with Crippen molar-refractivity contribution >= 4 is 27.7 Å². The molecule has 2 atom stereocenters. The Kier molecular flexibility index (Phi) is 9.82. The summed E-state index contributed by atoms with van der Waals surface area (Å²) < 4.78 is 29.1. The van der Waals surface area contributed by atoms with E-state index in [1.54, 1.807) is 42.2 Å². The highest BCUT2D eigenvalue weighted by atomic mass is 32.2. The largest absolute Gasteiger partial charge is 0.353 e. The van der Waals surface area contributed by atoms with Gasteiger partial charge in [-0.25, -0.2) is 13.1 Å². The summed E-state index contributed by atoms with van der Waals surface area (Å²) >= 11 is 0. The van der Waals surface area contributed by atoms with E-state index in [1.807, 2.05) is 44.2 Å². The molecule has 0 unspecified atom stereocenters. The molecule has 0 aromatic heterocycles. The Labute approximate surface area is 219 Å². The molecule has 2 aromatic rings. The fourth-order valence-corrected chi connectivity index (χ4v) is 5.92. The third kappa shape index (κ3) is 8.13. The summed E-state index contributed by atoms with van der Waals surface area (Å²) in [7, 11) is -3.83. The van der Waals surface area contributed by atoms with Gasteiger partial charge in [-0.3, -0.25) is 14.4 Å². The third-order valence-electron chi connectivity index (χ3n) is 6.28. The van der Waals surface area contributed by atoms with Gasteiger partial charge in [-0.1, -0.05) is 48.5 Å². The average molecular weight is 529 g/mol. The van der Waals surface area contributed by atoms with Crippen LogP contribution in [0.1, 0.15) is 49.5 Å². The second kappa shape index (κ2) is 12.8. The van der Waals surface area contributed by atoms with E-state index < -0.39 is 27.4 Å². The van der Waals surface area contributed by atoms with Crippen LogP contribution in [-0.4, -0.2) is 67.5 Å². The van der Waals surface area contributed by atoms with Gasteiger partial charge >= 0.3 is 0 Å². The maximum atomic E-state index is 13.2. The van der Waals surface area contributed by atoms with Gasteiger partial charge in [0.05, 0.1) is 5.25 Å². The van der Waals surface area contributed by atoms with E-state index in [1.165, 1.54) is 0 Å². The molecule has 9 nitrogen and oxygen atoms in total. The van der Waals surface area contributed by atoms with Crippen LogP contribution in [0.2, 0.25) is 0 Å². The smallest absolute Gasteiger partial charge is 0.251 e. The lowest BCUT2D eigenvalue weighted by Gasteiger charge is -2.34. The molecule has 2 aromatic carbocycles. The molecular formula is C27H36N4O5S. The van der Waals surface area contributed by atoms with Crippen molar-refractivity contribution in [3.63, 3.8) is 0 Å². The zero-order chi connectivity index (χ0) is 27.0. The Morgan fingerprint density at radius 2 is 1.46 bits per heavy atom. The summed E-state index contributed by atoms with van der Waals surface area (Å²) in [5.74, 6) is -0.975. The van der Waals surface area contributed by atoms with Crippen LogP contribution in [0.5, 0.6) is 0 Å². The Hall–Kier alpha value is -3.24. The minimum absolute atomic E-state index is 0.131. The molecule has 1 fully saturated rings. The summed E-state index contributed by atoms with van der Waals surface area (Å²) in [6.45, 7) is 5.76. The lowest BCUT2D eigenvalue weighted by Crippen LogP contribution is -2.54. The number of likely N-dealkylation sites (tertiary alicyclic amines) is 1. The number of nitrogens with zero attached hydrogens (tertiary/aromatic N) is 1. The average Bonchev–Trinajstić information content (AvgIpc) is 2.88. The second-order valence-electron chi connectivity index (χ2n) is 9.65. The number of rotatable bonds is 10. The lowest BCUT2D eigenvalue weighted by atomic mass is 10.1. The SMILES string of the molecule is CC(C)NC(=O)[C@H](Cc1ccccc1)NS(=O)(=O)C1CCN(C(=O)[C@H](C)NC(=O)c2ccccc2)CC1. The minimum Gasteiger partial charge on any atom is -0.353 e. The Balaban J connectivity index is 1.59. The van der Waals surface area contributed by atoms with E-state index in [-0.39, 0.29) is 56.1 Å².